The first-order valence-corrected chi connectivity index (χ1v) is 7.90. The molecule has 1 atom stereocenters. The van der Waals surface area contributed by atoms with E-state index in [1.54, 1.807) is 0 Å². The molecule has 6 heteroatoms. The van der Waals surface area contributed by atoms with Gasteiger partial charge in [-0.05, 0) is 39.5 Å². The molecule has 2 rings (SSSR count). The van der Waals surface area contributed by atoms with Crippen LogP contribution in [0, 0.1) is 6.92 Å². The lowest BCUT2D eigenvalue weighted by molar-refractivity contribution is 0.460. The van der Waals surface area contributed by atoms with E-state index in [2.05, 4.69) is 16.6 Å². The maximum Gasteiger partial charge on any atom is 0.260 e. The first-order chi connectivity index (χ1) is 8.33. The Labute approximate surface area is 109 Å². The summed E-state index contributed by atoms with van der Waals surface area (Å²) in [5.74, 6) is 1.04. The van der Waals surface area contributed by atoms with Crippen LogP contribution >= 0.6 is 0 Å². The van der Waals surface area contributed by atoms with E-state index in [1.165, 1.54) is 0 Å². The Morgan fingerprint density at radius 2 is 2.11 bits per heavy atom. The molecule has 5 nitrogen and oxygen atoms in total. The third-order valence-corrected chi connectivity index (χ3v) is 4.89. The van der Waals surface area contributed by atoms with E-state index in [-0.39, 0.29) is 17.0 Å². The fourth-order valence-corrected chi connectivity index (χ4v) is 4.14. The minimum absolute atomic E-state index is 0.119. The predicted octanol–water partition coefficient (Wildman–Crippen LogP) is 1.78. The van der Waals surface area contributed by atoms with Gasteiger partial charge in [-0.15, -0.1) is 0 Å². The normalized spacial score (nSPS) is 20.2. The number of imidazole rings is 1. The Morgan fingerprint density at radius 3 is 2.72 bits per heavy atom. The van der Waals surface area contributed by atoms with Crippen molar-refractivity contribution in [1.82, 2.24) is 14.3 Å². The molecule has 1 aromatic heterocycles. The molecule has 0 bridgehead atoms. The molecule has 0 spiro atoms. The Balaban J connectivity index is 2.53. The maximum absolute atomic E-state index is 12.3. The van der Waals surface area contributed by atoms with E-state index in [4.69, 9.17) is 0 Å². The molecule has 0 fully saturated rings. The van der Waals surface area contributed by atoms with Crippen LogP contribution in [0.5, 0.6) is 0 Å². The summed E-state index contributed by atoms with van der Waals surface area (Å²) < 4.78 is 29.2. The summed E-state index contributed by atoms with van der Waals surface area (Å²) in [7, 11) is -3.50. The van der Waals surface area contributed by atoms with E-state index in [0.29, 0.717) is 0 Å². The lowest BCUT2D eigenvalue weighted by atomic mass is 9.99. The maximum atomic E-state index is 12.3. The number of rotatable bonds is 3. The van der Waals surface area contributed by atoms with Crippen molar-refractivity contribution in [2.24, 2.45) is 0 Å². The van der Waals surface area contributed by atoms with Crippen molar-refractivity contribution in [3.8, 4) is 0 Å². The second kappa shape index (κ2) is 4.66. The van der Waals surface area contributed by atoms with Crippen molar-refractivity contribution in [3.05, 3.63) is 11.5 Å². The quantitative estimate of drug-likeness (QED) is 0.911. The van der Waals surface area contributed by atoms with Gasteiger partial charge in [-0.3, -0.25) is 0 Å². The summed E-state index contributed by atoms with van der Waals surface area (Å²) in [6, 6.07) is -0.119. The van der Waals surface area contributed by atoms with Gasteiger partial charge in [0.1, 0.15) is 5.82 Å². The highest BCUT2D eigenvalue weighted by atomic mass is 32.2. The van der Waals surface area contributed by atoms with Crippen molar-refractivity contribution in [1.29, 1.82) is 0 Å². The second-order valence-corrected chi connectivity index (χ2v) is 6.95. The topological polar surface area (TPSA) is 64.0 Å². The number of aryl methyl sites for hydroxylation is 1. The van der Waals surface area contributed by atoms with Crippen LogP contribution in [0.15, 0.2) is 5.03 Å². The molecule has 0 radical (unpaired) electrons. The molecule has 1 unspecified atom stereocenters. The van der Waals surface area contributed by atoms with Gasteiger partial charge in [0.25, 0.3) is 10.0 Å². The second-order valence-electron chi connectivity index (χ2n) is 5.32. The van der Waals surface area contributed by atoms with Crippen LogP contribution in [0.2, 0.25) is 0 Å². The Hall–Kier alpha value is -0.880. The number of hydrogen-bond donors (Lipinski definition) is 1. The summed E-state index contributed by atoms with van der Waals surface area (Å²) in [5, 5.41) is 0.223. The van der Waals surface area contributed by atoms with Crippen LogP contribution in [-0.2, 0) is 16.6 Å². The van der Waals surface area contributed by atoms with E-state index >= 15 is 0 Å². The fraction of sp³-hybridized carbons (Fsp3) is 0.750. The molecule has 1 N–H and O–H groups in total. The minimum atomic E-state index is -3.50. The third kappa shape index (κ3) is 2.31. The van der Waals surface area contributed by atoms with Crippen molar-refractivity contribution >= 4 is 10.0 Å². The van der Waals surface area contributed by atoms with Crippen molar-refractivity contribution in [2.45, 2.75) is 64.1 Å². The monoisotopic (exact) mass is 271 g/mol. The van der Waals surface area contributed by atoms with Gasteiger partial charge in [0.15, 0.2) is 5.03 Å². The Bertz CT molecular complexity index is 546. The summed E-state index contributed by atoms with van der Waals surface area (Å²) in [4.78, 5) is 4.28. The third-order valence-electron chi connectivity index (χ3n) is 3.29. The molecule has 18 heavy (non-hydrogen) atoms. The van der Waals surface area contributed by atoms with Gasteiger partial charge in [0, 0.05) is 12.6 Å². The zero-order valence-corrected chi connectivity index (χ0v) is 12.2. The highest BCUT2D eigenvalue weighted by molar-refractivity contribution is 7.89. The molecule has 2 heterocycles. The molecule has 1 aromatic rings. The average molecular weight is 271 g/mol. The molecule has 0 saturated carbocycles. The molecule has 0 amide bonds. The predicted molar refractivity (Wildman–Crippen MR) is 70.1 cm³/mol. The zero-order chi connectivity index (χ0) is 13.5. The molecular weight excluding hydrogens is 250 g/mol. The highest BCUT2D eigenvalue weighted by Crippen LogP contribution is 2.32. The van der Waals surface area contributed by atoms with E-state index in [9.17, 15) is 8.42 Å². The van der Waals surface area contributed by atoms with Gasteiger partial charge >= 0.3 is 0 Å². The van der Waals surface area contributed by atoms with Crippen LogP contribution < -0.4 is 4.72 Å². The van der Waals surface area contributed by atoms with Gasteiger partial charge in [0.2, 0.25) is 0 Å². The van der Waals surface area contributed by atoms with Gasteiger partial charge in [0.05, 0.1) is 5.69 Å². The van der Waals surface area contributed by atoms with Crippen LogP contribution in [0.1, 0.15) is 51.0 Å². The van der Waals surface area contributed by atoms with Crippen LogP contribution in [-0.4, -0.2) is 24.0 Å². The summed E-state index contributed by atoms with van der Waals surface area (Å²) >= 11 is 0. The first-order valence-electron chi connectivity index (χ1n) is 6.42. The molecule has 0 aliphatic carbocycles. The smallest absolute Gasteiger partial charge is 0.260 e. The number of fused-ring (bicyclic) bond motifs is 1. The largest absolute Gasteiger partial charge is 0.331 e. The Kier molecular flexibility index (Phi) is 3.51. The van der Waals surface area contributed by atoms with Gasteiger partial charge in [-0.1, -0.05) is 6.92 Å². The van der Waals surface area contributed by atoms with Crippen molar-refractivity contribution < 1.29 is 8.42 Å². The molecule has 1 aliphatic heterocycles. The van der Waals surface area contributed by atoms with Crippen molar-refractivity contribution in [2.75, 3.05) is 0 Å². The summed E-state index contributed by atoms with van der Waals surface area (Å²) in [5.41, 5.74) is 0.868. The lowest BCUT2D eigenvalue weighted by Crippen LogP contribution is -2.31. The van der Waals surface area contributed by atoms with Crippen LogP contribution in [0.3, 0.4) is 0 Å². The van der Waals surface area contributed by atoms with E-state index in [1.807, 2.05) is 25.3 Å². The average Bonchev–Trinajstić information content (AvgIpc) is 2.57. The SMILES string of the molecule is Cc1nc(S(=O)(=O)NC(C)C)c2n1CCCC2C. The minimum Gasteiger partial charge on any atom is -0.331 e. The number of sulfonamides is 1. The van der Waals surface area contributed by atoms with Gasteiger partial charge in [-0.2, -0.15) is 0 Å². The fourth-order valence-electron chi connectivity index (χ4n) is 2.57. The van der Waals surface area contributed by atoms with E-state index in [0.717, 1.165) is 30.9 Å². The van der Waals surface area contributed by atoms with Gasteiger partial charge in [-0.25, -0.2) is 18.1 Å². The highest BCUT2D eigenvalue weighted by Gasteiger charge is 2.31. The number of aromatic nitrogens is 2. The number of hydrogen-bond acceptors (Lipinski definition) is 3. The summed E-state index contributed by atoms with van der Waals surface area (Å²) in [6.45, 7) is 8.44. The lowest BCUT2D eigenvalue weighted by Gasteiger charge is -2.22. The molecular formula is C12H21N3O2S. The standard InChI is InChI=1S/C12H21N3O2S/c1-8(2)14-18(16,17)12-11-9(3)6-5-7-15(11)10(4)13-12/h8-9,14H,5-7H2,1-4H3. The van der Waals surface area contributed by atoms with Crippen LogP contribution in [0.4, 0.5) is 0 Å². The van der Waals surface area contributed by atoms with Gasteiger partial charge < -0.3 is 4.57 Å². The molecule has 102 valence electrons. The summed E-state index contributed by atoms with van der Waals surface area (Å²) in [6.07, 6.45) is 2.11. The molecule has 1 aliphatic rings. The zero-order valence-electron chi connectivity index (χ0n) is 11.4. The Morgan fingerprint density at radius 1 is 1.44 bits per heavy atom. The molecule has 0 aromatic carbocycles. The number of nitrogens with zero attached hydrogens (tertiary/aromatic N) is 2. The van der Waals surface area contributed by atoms with Crippen LogP contribution in [0.25, 0.3) is 0 Å². The van der Waals surface area contributed by atoms with E-state index < -0.39 is 10.0 Å². The first kappa shape index (κ1) is 13.5. The van der Waals surface area contributed by atoms with Crippen molar-refractivity contribution in [3.63, 3.8) is 0 Å². The number of nitrogens with one attached hydrogen (secondary N) is 1. The molecule has 0 saturated heterocycles.